The van der Waals surface area contributed by atoms with Crippen molar-refractivity contribution in [2.75, 3.05) is 7.11 Å². The third-order valence-corrected chi connectivity index (χ3v) is 5.04. The van der Waals surface area contributed by atoms with Crippen LogP contribution in [0.2, 0.25) is 0 Å². The second-order valence-electron chi connectivity index (χ2n) is 7.04. The van der Waals surface area contributed by atoms with E-state index in [0.717, 1.165) is 11.6 Å². The number of nitrogens with zero attached hydrogens (tertiary/aromatic N) is 1. The van der Waals surface area contributed by atoms with Gasteiger partial charge in [-0.2, -0.15) is 5.26 Å². The first-order valence-corrected chi connectivity index (χ1v) is 9.75. The molecular formula is C24H20N2O6. The summed E-state index contributed by atoms with van der Waals surface area (Å²) in [5.74, 6) is -0.0388. The van der Waals surface area contributed by atoms with Crippen molar-refractivity contribution in [3.63, 3.8) is 0 Å². The Balaban J connectivity index is 1.76. The van der Waals surface area contributed by atoms with Crippen molar-refractivity contribution in [2.24, 2.45) is 5.73 Å². The van der Waals surface area contributed by atoms with Gasteiger partial charge in [-0.15, -0.1) is 0 Å². The number of nitrogens with two attached hydrogens (primary N) is 1. The second-order valence-corrected chi connectivity index (χ2v) is 7.04. The molecule has 4 rings (SSSR count). The molecule has 1 aromatic heterocycles. The fourth-order valence-electron chi connectivity index (χ4n) is 3.51. The Morgan fingerprint density at radius 2 is 1.94 bits per heavy atom. The molecule has 1 aliphatic rings. The molecule has 32 heavy (non-hydrogen) atoms. The molecule has 2 heterocycles. The Hall–Kier alpha value is -4.22. The van der Waals surface area contributed by atoms with Crippen molar-refractivity contribution in [3.8, 4) is 23.3 Å². The van der Waals surface area contributed by atoms with E-state index in [0.29, 0.717) is 23.7 Å². The molecule has 8 heteroatoms. The van der Waals surface area contributed by atoms with Crippen LogP contribution in [0.1, 0.15) is 28.6 Å². The van der Waals surface area contributed by atoms with Gasteiger partial charge in [-0.3, -0.25) is 4.79 Å². The van der Waals surface area contributed by atoms with Crippen molar-refractivity contribution in [1.29, 1.82) is 5.26 Å². The Labute approximate surface area is 183 Å². The van der Waals surface area contributed by atoms with Crippen LogP contribution in [-0.4, -0.2) is 12.2 Å². The third kappa shape index (κ3) is 3.89. The number of hydrogen-bond donors (Lipinski definition) is 2. The largest absolute Gasteiger partial charge is 0.493 e. The fourth-order valence-corrected chi connectivity index (χ4v) is 3.51. The summed E-state index contributed by atoms with van der Waals surface area (Å²) in [5, 5.41) is 19.2. The van der Waals surface area contributed by atoms with Crippen LogP contribution >= 0.6 is 0 Å². The van der Waals surface area contributed by atoms with E-state index >= 15 is 0 Å². The highest BCUT2D eigenvalue weighted by Gasteiger charge is 2.35. The van der Waals surface area contributed by atoms with Gasteiger partial charge < -0.3 is 29.5 Å². The fraction of sp³-hybridized carbons (Fsp3) is 0.167. The zero-order chi connectivity index (χ0) is 22.7. The van der Waals surface area contributed by atoms with E-state index in [1.165, 1.54) is 7.11 Å². The van der Waals surface area contributed by atoms with Crippen molar-refractivity contribution >= 4 is 0 Å². The normalized spacial score (nSPS) is 14.8. The molecule has 0 saturated heterocycles. The number of rotatable bonds is 6. The predicted octanol–water partition coefficient (Wildman–Crippen LogP) is 2.94. The SMILES string of the molecule is COc1cc(C2C(C#N)=C(N)Oc3c2oc(CO)cc3=O)ccc1OCc1ccccc1. The number of hydrogen-bond acceptors (Lipinski definition) is 8. The van der Waals surface area contributed by atoms with Gasteiger partial charge in [-0.05, 0) is 23.3 Å². The van der Waals surface area contributed by atoms with Gasteiger partial charge in [-0.1, -0.05) is 36.4 Å². The van der Waals surface area contributed by atoms with Gasteiger partial charge in [0.25, 0.3) is 0 Å². The maximum atomic E-state index is 12.5. The lowest BCUT2D eigenvalue weighted by molar-refractivity contribution is 0.231. The van der Waals surface area contributed by atoms with E-state index < -0.39 is 18.0 Å². The molecule has 162 valence electrons. The van der Waals surface area contributed by atoms with Crippen LogP contribution in [-0.2, 0) is 13.2 Å². The number of methoxy groups -OCH3 is 1. The van der Waals surface area contributed by atoms with Crippen molar-refractivity contribution < 1.29 is 23.7 Å². The lowest BCUT2D eigenvalue weighted by Crippen LogP contribution is -2.25. The number of aliphatic hydroxyl groups excluding tert-OH is 1. The van der Waals surface area contributed by atoms with Crippen molar-refractivity contribution in [1.82, 2.24) is 0 Å². The Kier molecular flexibility index (Phi) is 5.83. The molecule has 0 saturated carbocycles. The van der Waals surface area contributed by atoms with E-state index in [4.69, 9.17) is 24.4 Å². The van der Waals surface area contributed by atoms with Crippen LogP contribution in [0.3, 0.4) is 0 Å². The van der Waals surface area contributed by atoms with Crippen LogP contribution in [0.15, 0.2) is 75.3 Å². The minimum absolute atomic E-state index is 0.0508. The Morgan fingerprint density at radius 1 is 1.16 bits per heavy atom. The molecule has 0 bridgehead atoms. The number of fused-ring (bicyclic) bond motifs is 1. The average molecular weight is 432 g/mol. The van der Waals surface area contributed by atoms with Gasteiger partial charge in [0.1, 0.15) is 30.6 Å². The third-order valence-electron chi connectivity index (χ3n) is 5.04. The highest BCUT2D eigenvalue weighted by molar-refractivity contribution is 5.55. The summed E-state index contributed by atoms with van der Waals surface area (Å²) in [5.41, 5.74) is 7.09. The number of aliphatic hydroxyl groups is 1. The summed E-state index contributed by atoms with van der Waals surface area (Å²) in [7, 11) is 1.51. The molecule has 1 aliphatic heterocycles. The minimum Gasteiger partial charge on any atom is -0.493 e. The molecule has 2 aromatic carbocycles. The van der Waals surface area contributed by atoms with Crippen LogP contribution < -0.4 is 25.4 Å². The van der Waals surface area contributed by atoms with Gasteiger partial charge in [0.05, 0.1) is 13.0 Å². The molecule has 0 fully saturated rings. The molecule has 0 amide bonds. The molecule has 0 aliphatic carbocycles. The number of benzene rings is 2. The second kappa shape index (κ2) is 8.88. The molecular weight excluding hydrogens is 412 g/mol. The van der Waals surface area contributed by atoms with Crippen molar-refractivity contribution in [3.05, 3.63) is 98.9 Å². The highest BCUT2D eigenvalue weighted by atomic mass is 16.5. The van der Waals surface area contributed by atoms with Gasteiger partial charge in [0.15, 0.2) is 17.3 Å². The summed E-state index contributed by atoms with van der Waals surface area (Å²) in [6.07, 6.45) is 0. The van der Waals surface area contributed by atoms with Gasteiger partial charge in [-0.25, -0.2) is 0 Å². The summed E-state index contributed by atoms with van der Waals surface area (Å²) < 4.78 is 22.5. The van der Waals surface area contributed by atoms with E-state index in [9.17, 15) is 15.2 Å². The zero-order valence-corrected chi connectivity index (χ0v) is 17.2. The first-order chi connectivity index (χ1) is 15.5. The van der Waals surface area contributed by atoms with Crippen LogP contribution in [0, 0.1) is 11.3 Å². The van der Waals surface area contributed by atoms with E-state index in [-0.39, 0.29) is 28.7 Å². The molecule has 3 aromatic rings. The molecule has 8 nitrogen and oxygen atoms in total. The summed E-state index contributed by atoms with van der Waals surface area (Å²) in [4.78, 5) is 12.5. The first-order valence-electron chi connectivity index (χ1n) is 9.75. The molecule has 1 unspecified atom stereocenters. The maximum absolute atomic E-state index is 12.5. The number of ether oxygens (including phenoxy) is 3. The monoisotopic (exact) mass is 432 g/mol. The number of allylic oxidation sites excluding steroid dienone is 1. The Morgan fingerprint density at radius 3 is 2.62 bits per heavy atom. The molecule has 0 spiro atoms. The average Bonchev–Trinajstić information content (AvgIpc) is 2.82. The topological polar surface area (TPSA) is 128 Å². The van der Waals surface area contributed by atoms with Gasteiger partial charge in [0.2, 0.25) is 17.1 Å². The maximum Gasteiger partial charge on any atom is 0.228 e. The smallest absolute Gasteiger partial charge is 0.228 e. The highest BCUT2D eigenvalue weighted by Crippen LogP contribution is 2.43. The first kappa shape index (κ1) is 21.0. The summed E-state index contributed by atoms with van der Waals surface area (Å²) in [6, 6.07) is 18.0. The van der Waals surface area contributed by atoms with E-state index in [1.54, 1.807) is 18.2 Å². The van der Waals surface area contributed by atoms with Crippen molar-refractivity contribution in [2.45, 2.75) is 19.1 Å². The van der Waals surface area contributed by atoms with E-state index in [1.807, 2.05) is 36.4 Å². The summed E-state index contributed by atoms with van der Waals surface area (Å²) >= 11 is 0. The molecule has 3 N–H and O–H groups in total. The lowest BCUT2D eigenvalue weighted by Gasteiger charge is -2.25. The van der Waals surface area contributed by atoms with Gasteiger partial charge in [0, 0.05) is 6.07 Å². The quantitative estimate of drug-likeness (QED) is 0.608. The van der Waals surface area contributed by atoms with E-state index in [2.05, 4.69) is 0 Å². The summed E-state index contributed by atoms with van der Waals surface area (Å²) in [6.45, 7) is -0.131. The van der Waals surface area contributed by atoms with Gasteiger partial charge >= 0.3 is 0 Å². The zero-order valence-electron chi connectivity index (χ0n) is 17.2. The standard InChI is InChI=1S/C24H20N2O6/c1-29-20-9-15(7-8-19(20)30-13-14-5-3-2-4-6-14)21-17(11-25)24(26)32-22-18(28)10-16(12-27)31-23(21)22/h2-10,21,27H,12-13,26H2,1H3. The van der Waals surface area contributed by atoms with Crippen LogP contribution in [0.25, 0.3) is 0 Å². The number of nitriles is 1. The molecule has 0 radical (unpaired) electrons. The van der Waals surface area contributed by atoms with Crippen LogP contribution in [0.5, 0.6) is 17.2 Å². The predicted molar refractivity (Wildman–Crippen MR) is 114 cm³/mol. The Bertz CT molecular complexity index is 1270. The lowest BCUT2D eigenvalue weighted by atomic mass is 9.87. The minimum atomic E-state index is -0.819. The molecule has 1 atom stereocenters. The van der Waals surface area contributed by atoms with Crippen LogP contribution in [0.4, 0.5) is 0 Å².